The third-order valence-corrected chi connectivity index (χ3v) is 3.09. The summed E-state index contributed by atoms with van der Waals surface area (Å²) in [5, 5.41) is 0. The monoisotopic (exact) mass is 294 g/mol. The van der Waals surface area contributed by atoms with E-state index >= 15 is 0 Å². The van der Waals surface area contributed by atoms with E-state index in [2.05, 4.69) is 18.7 Å². The average molecular weight is 294 g/mol. The molecule has 3 aromatic rings. The van der Waals surface area contributed by atoms with Crippen LogP contribution in [0, 0.1) is 0 Å². The first kappa shape index (κ1) is 12.2. The van der Waals surface area contributed by atoms with Crippen molar-refractivity contribution in [2.24, 2.45) is 0 Å². The van der Waals surface area contributed by atoms with Crippen LogP contribution in [0.5, 0.6) is 0 Å². The van der Waals surface area contributed by atoms with Gasteiger partial charge >= 0.3 is 12.1 Å². The maximum atomic E-state index is 13.2. The lowest BCUT2D eigenvalue weighted by molar-refractivity contribution is -0.292. The summed E-state index contributed by atoms with van der Waals surface area (Å²) in [6.07, 6.45) is -5.73. The quantitative estimate of drug-likeness (QED) is 0.701. The summed E-state index contributed by atoms with van der Waals surface area (Å²) in [6.45, 7) is 0. The van der Waals surface area contributed by atoms with E-state index in [0.717, 1.165) is 11.7 Å². The fraction of sp³-hybridized carbons (Fsp3) is 0.222. The van der Waals surface area contributed by atoms with Gasteiger partial charge in [0.15, 0.2) is 0 Å². The zero-order chi connectivity index (χ0) is 13.8. The molecule has 0 atom stereocenters. The molecule has 0 saturated carbocycles. The van der Waals surface area contributed by atoms with Crippen LogP contribution in [0.3, 0.4) is 0 Å². The van der Waals surface area contributed by atoms with Gasteiger partial charge in [0.1, 0.15) is 11.0 Å². The van der Waals surface area contributed by atoms with Crippen molar-refractivity contribution in [2.45, 2.75) is 12.1 Å². The number of rotatable bonds is 1. The van der Waals surface area contributed by atoms with Gasteiger partial charge in [0, 0.05) is 11.7 Å². The lowest BCUT2D eigenvalue weighted by Crippen LogP contribution is -2.34. The molecule has 0 unspecified atom stereocenters. The van der Waals surface area contributed by atoms with Crippen molar-refractivity contribution in [2.75, 3.05) is 0 Å². The van der Waals surface area contributed by atoms with Crippen LogP contribution in [0.25, 0.3) is 22.1 Å². The molecule has 0 spiro atoms. The number of nitrogens with one attached hydrogen (secondary N) is 1. The highest BCUT2D eigenvalue weighted by Crippen LogP contribution is 2.43. The molecule has 2 heterocycles. The number of H-pyrrole nitrogens is 1. The smallest absolute Gasteiger partial charge is 0.293 e. The minimum Gasteiger partial charge on any atom is -0.293 e. The first-order valence-corrected chi connectivity index (χ1v) is 5.63. The molecule has 0 aliphatic heterocycles. The number of aromatic nitrogens is 4. The molecule has 3 rings (SSSR count). The van der Waals surface area contributed by atoms with E-state index in [1.165, 1.54) is 12.1 Å². The molecule has 1 aromatic carbocycles. The van der Waals surface area contributed by atoms with Crippen LogP contribution in [0.1, 0.15) is 5.82 Å². The lowest BCUT2D eigenvalue weighted by atomic mass is 10.3. The number of halogens is 5. The van der Waals surface area contributed by atoms with Crippen molar-refractivity contribution >= 4 is 33.8 Å². The second kappa shape index (κ2) is 3.59. The van der Waals surface area contributed by atoms with E-state index in [0.29, 0.717) is 5.52 Å². The number of hydrogen-bond donors (Lipinski definition) is 1. The van der Waals surface area contributed by atoms with E-state index < -0.39 is 17.9 Å². The molecule has 0 fully saturated rings. The zero-order valence-electron chi connectivity index (χ0n) is 8.79. The van der Waals surface area contributed by atoms with Gasteiger partial charge in [-0.05, 0) is 12.1 Å². The molecule has 0 bridgehead atoms. The van der Waals surface area contributed by atoms with Gasteiger partial charge in [-0.3, -0.25) is 4.37 Å². The fourth-order valence-corrected chi connectivity index (χ4v) is 2.16. The summed E-state index contributed by atoms with van der Waals surface area (Å²) < 4.78 is 69.7. The van der Waals surface area contributed by atoms with Crippen molar-refractivity contribution < 1.29 is 22.0 Å². The van der Waals surface area contributed by atoms with E-state index in [-0.39, 0.29) is 16.6 Å². The fourth-order valence-electron chi connectivity index (χ4n) is 1.57. The van der Waals surface area contributed by atoms with Crippen LogP contribution in [0.15, 0.2) is 12.1 Å². The topological polar surface area (TPSA) is 54.5 Å². The van der Waals surface area contributed by atoms with Gasteiger partial charge in [0.05, 0.1) is 11.0 Å². The third-order valence-electron chi connectivity index (χ3n) is 2.50. The molecule has 0 aliphatic rings. The van der Waals surface area contributed by atoms with E-state index in [4.69, 9.17) is 0 Å². The molecule has 19 heavy (non-hydrogen) atoms. The van der Waals surface area contributed by atoms with Crippen LogP contribution in [-0.2, 0) is 5.92 Å². The molecular formula is C9H3F5N4S. The molecule has 2 aromatic heterocycles. The van der Waals surface area contributed by atoms with Gasteiger partial charge in [-0.1, -0.05) is 0 Å². The largest absolute Gasteiger partial charge is 0.461 e. The third kappa shape index (κ3) is 1.66. The zero-order valence-corrected chi connectivity index (χ0v) is 9.61. The van der Waals surface area contributed by atoms with E-state index in [1.807, 2.05) is 0 Å². The highest BCUT2D eigenvalue weighted by molar-refractivity contribution is 7.00. The Balaban J connectivity index is 2.27. The molecule has 0 saturated heterocycles. The van der Waals surface area contributed by atoms with Crippen molar-refractivity contribution in [3.05, 3.63) is 18.0 Å². The molecule has 100 valence electrons. The number of benzene rings is 1. The summed E-state index contributed by atoms with van der Waals surface area (Å²) in [5.41, 5.74) is 0.596. The van der Waals surface area contributed by atoms with Gasteiger partial charge < -0.3 is 0 Å². The maximum Gasteiger partial charge on any atom is 0.461 e. The van der Waals surface area contributed by atoms with Gasteiger partial charge in [-0.2, -0.15) is 26.3 Å². The lowest BCUT2D eigenvalue weighted by Gasteiger charge is -2.15. The first-order valence-electron chi connectivity index (χ1n) is 4.86. The number of imidazole rings is 1. The van der Waals surface area contributed by atoms with Crippen LogP contribution in [0.2, 0.25) is 0 Å². The predicted molar refractivity (Wildman–Crippen MR) is 57.0 cm³/mol. The number of nitrogens with zero attached hydrogens (tertiary/aromatic N) is 3. The Morgan fingerprint density at radius 1 is 1.00 bits per heavy atom. The summed E-state index contributed by atoms with van der Waals surface area (Å²) in [4.78, 5) is 6.54. The van der Waals surface area contributed by atoms with Crippen LogP contribution in [-0.4, -0.2) is 24.9 Å². The molecule has 0 amide bonds. The SMILES string of the molecule is FC(F)(F)C(F)(F)c1nc2ccc3[nH]snc3c2n1. The Kier molecular flexibility index (Phi) is 2.31. The minimum atomic E-state index is -5.73. The minimum absolute atomic E-state index is 0.0503. The second-order valence-corrected chi connectivity index (χ2v) is 4.30. The highest BCUT2D eigenvalue weighted by Gasteiger charge is 2.61. The number of hydrogen-bond acceptors (Lipinski definition) is 4. The molecule has 0 radical (unpaired) electrons. The number of aromatic amines is 1. The molecular weight excluding hydrogens is 291 g/mol. The van der Waals surface area contributed by atoms with Crippen molar-refractivity contribution in [1.29, 1.82) is 0 Å². The van der Waals surface area contributed by atoms with Crippen molar-refractivity contribution in [3.63, 3.8) is 0 Å². The van der Waals surface area contributed by atoms with E-state index in [9.17, 15) is 22.0 Å². The Bertz CT molecular complexity index is 759. The Morgan fingerprint density at radius 3 is 2.42 bits per heavy atom. The average Bonchev–Trinajstić information content (AvgIpc) is 2.92. The van der Waals surface area contributed by atoms with Crippen LogP contribution < -0.4 is 0 Å². The highest BCUT2D eigenvalue weighted by atomic mass is 32.1. The van der Waals surface area contributed by atoms with Crippen LogP contribution >= 0.6 is 11.7 Å². The Hall–Kier alpha value is -1.84. The summed E-state index contributed by atoms with van der Waals surface area (Å²) in [7, 11) is 0. The van der Waals surface area contributed by atoms with Gasteiger partial charge in [-0.15, -0.1) is 0 Å². The molecule has 0 aliphatic carbocycles. The summed E-state index contributed by atoms with van der Waals surface area (Å²) in [6, 6.07) is 2.80. The van der Waals surface area contributed by atoms with Crippen LogP contribution in [0.4, 0.5) is 22.0 Å². The standard InChI is InChI=1S/C9H3F5N4S/c10-8(11,9(12,13)14)7-15-3-1-2-4-6(5(3)16-7)18-19-17-4/h1-2,17H. The Labute approximate surface area is 105 Å². The summed E-state index contributed by atoms with van der Waals surface area (Å²) >= 11 is 0.938. The normalized spacial score (nSPS) is 13.5. The second-order valence-electron chi connectivity index (χ2n) is 3.73. The van der Waals surface area contributed by atoms with Gasteiger partial charge in [-0.25, -0.2) is 9.97 Å². The van der Waals surface area contributed by atoms with Crippen molar-refractivity contribution in [3.8, 4) is 0 Å². The number of alkyl halides is 5. The predicted octanol–water partition coefficient (Wildman–Crippen LogP) is 3.22. The first-order chi connectivity index (χ1) is 8.80. The maximum absolute atomic E-state index is 13.2. The Morgan fingerprint density at radius 2 is 1.74 bits per heavy atom. The van der Waals surface area contributed by atoms with Crippen molar-refractivity contribution in [1.82, 2.24) is 18.7 Å². The van der Waals surface area contributed by atoms with Gasteiger partial charge in [0.25, 0.3) is 0 Å². The number of fused-ring (bicyclic) bond motifs is 3. The van der Waals surface area contributed by atoms with E-state index in [1.54, 1.807) is 0 Å². The molecule has 10 heteroatoms. The van der Waals surface area contributed by atoms with Gasteiger partial charge in [0.2, 0.25) is 5.82 Å². The molecule has 1 N–H and O–H groups in total. The summed E-state index contributed by atoms with van der Waals surface area (Å²) in [5.74, 6) is -6.64. The molecule has 4 nitrogen and oxygen atoms in total.